The number of likely N-dealkylation sites (N-methyl/N-ethyl adjacent to an activating group) is 1. The van der Waals surface area contributed by atoms with Crippen LogP contribution in [0.5, 0.6) is 0 Å². The first-order valence-electron chi connectivity index (χ1n) is 14.7. The lowest BCUT2D eigenvalue weighted by Gasteiger charge is -2.36. The summed E-state index contributed by atoms with van der Waals surface area (Å²) in [5.41, 5.74) is -0.655. The summed E-state index contributed by atoms with van der Waals surface area (Å²) in [5, 5.41) is 3.61. The van der Waals surface area contributed by atoms with Gasteiger partial charge in [0.25, 0.3) is 0 Å². The number of aromatic nitrogens is 1. The first-order valence-corrected chi connectivity index (χ1v) is 14.7. The summed E-state index contributed by atoms with van der Waals surface area (Å²) in [6.07, 6.45) is -8.27. The Hall–Kier alpha value is -4.52. The second-order valence-corrected chi connectivity index (χ2v) is 11.4. The molecule has 13 heteroatoms. The standard InChI is InChI=1S/C33H33F6N5O2/c1-42(20-22-15-24(32(34,35)36)18-25(16-22)33(37,38)39)31(46)29(17-23-19-40-28-10-6-5-9-27(23)28)41-30(45)21-43-11-13-44(14-12-43)26-7-3-2-4-8-26/h2-10,15-16,18-19,29,40H,11-14,17,20-21H2,1H3,(H,41,45). The van der Waals surface area contributed by atoms with Crippen LogP contribution in [0.2, 0.25) is 0 Å². The summed E-state index contributed by atoms with van der Waals surface area (Å²) in [6, 6.07) is 17.4. The molecule has 2 amide bonds. The van der Waals surface area contributed by atoms with Gasteiger partial charge in [0.15, 0.2) is 0 Å². The van der Waals surface area contributed by atoms with Crippen LogP contribution < -0.4 is 10.2 Å². The van der Waals surface area contributed by atoms with Crippen LogP contribution in [0.4, 0.5) is 32.0 Å². The maximum absolute atomic E-state index is 13.7. The van der Waals surface area contributed by atoms with E-state index in [0.717, 1.165) is 27.1 Å². The van der Waals surface area contributed by atoms with Gasteiger partial charge in [0, 0.05) is 69.0 Å². The SMILES string of the molecule is CN(Cc1cc(C(F)(F)F)cc(C(F)(F)F)c1)C(=O)C(Cc1c[nH]c2ccccc12)NC(=O)CN1CCN(c2ccccc2)CC1. The second kappa shape index (κ2) is 13.5. The molecule has 2 N–H and O–H groups in total. The maximum Gasteiger partial charge on any atom is 0.416 e. The minimum absolute atomic E-state index is 0.0204. The summed E-state index contributed by atoms with van der Waals surface area (Å²) >= 11 is 0. The predicted molar refractivity (Wildman–Crippen MR) is 162 cm³/mol. The molecular weight excluding hydrogens is 612 g/mol. The van der Waals surface area contributed by atoms with Gasteiger partial charge in [-0.1, -0.05) is 36.4 Å². The van der Waals surface area contributed by atoms with E-state index in [0.29, 0.717) is 38.3 Å². The molecule has 0 spiro atoms. The van der Waals surface area contributed by atoms with Crippen molar-refractivity contribution in [3.63, 3.8) is 0 Å². The average Bonchev–Trinajstić information content (AvgIpc) is 3.43. The molecule has 244 valence electrons. The highest BCUT2D eigenvalue weighted by atomic mass is 19.4. The molecule has 0 saturated carbocycles. The summed E-state index contributed by atoms with van der Waals surface area (Å²) in [7, 11) is 1.28. The van der Waals surface area contributed by atoms with Gasteiger partial charge in [-0.3, -0.25) is 14.5 Å². The van der Waals surface area contributed by atoms with E-state index in [1.165, 1.54) is 7.05 Å². The Morgan fingerprint density at radius 3 is 2.11 bits per heavy atom. The highest BCUT2D eigenvalue weighted by Crippen LogP contribution is 2.36. The summed E-state index contributed by atoms with van der Waals surface area (Å²) in [5.74, 6) is -1.07. The molecule has 1 atom stereocenters. The number of carbonyl (C=O) groups excluding carboxylic acids is 2. The molecule has 1 aliphatic heterocycles. The van der Waals surface area contributed by atoms with E-state index < -0.39 is 47.9 Å². The average molecular weight is 646 g/mol. The van der Waals surface area contributed by atoms with Crippen molar-refractivity contribution in [1.82, 2.24) is 20.1 Å². The molecule has 0 radical (unpaired) electrons. The lowest BCUT2D eigenvalue weighted by molar-refractivity contribution is -0.143. The van der Waals surface area contributed by atoms with Crippen molar-refractivity contribution in [2.75, 3.05) is 44.7 Å². The Morgan fingerprint density at radius 2 is 1.48 bits per heavy atom. The van der Waals surface area contributed by atoms with Gasteiger partial charge in [0.05, 0.1) is 17.7 Å². The number of para-hydroxylation sites is 2. The van der Waals surface area contributed by atoms with E-state index >= 15 is 0 Å². The zero-order chi connectivity index (χ0) is 33.1. The highest BCUT2D eigenvalue weighted by molar-refractivity contribution is 5.90. The second-order valence-electron chi connectivity index (χ2n) is 11.4. The number of anilines is 1. The Balaban J connectivity index is 1.32. The smallest absolute Gasteiger partial charge is 0.369 e. The monoisotopic (exact) mass is 645 g/mol. The topological polar surface area (TPSA) is 71.7 Å². The van der Waals surface area contributed by atoms with Gasteiger partial charge in [-0.15, -0.1) is 0 Å². The van der Waals surface area contributed by atoms with Crippen LogP contribution in [0.1, 0.15) is 22.3 Å². The maximum atomic E-state index is 13.7. The van der Waals surface area contributed by atoms with Crippen molar-refractivity contribution in [3.8, 4) is 0 Å². The molecule has 4 aromatic rings. The van der Waals surface area contributed by atoms with Gasteiger partial charge in [0.2, 0.25) is 11.8 Å². The zero-order valence-corrected chi connectivity index (χ0v) is 25.0. The highest BCUT2D eigenvalue weighted by Gasteiger charge is 2.37. The van der Waals surface area contributed by atoms with E-state index in [1.807, 2.05) is 59.5 Å². The third-order valence-corrected chi connectivity index (χ3v) is 8.04. The summed E-state index contributed by atoms with van der Waals surface area (Å²) in [4.78, 5) is 35.3. The van der Waals surface area contributed by atoms with Crippen LogP contribution in [-0.4, -0.2) is 72.4 Å². The number of halogens is 6. The molecule has 3 aromatic carbocycles. The van der Waals surface area contributed by atoms with Crippen LogP contribution in [0.3, 0.4) is 0 Å². The predicted octanol–water partition coefficient (Wildman–Crippen LogP) is 5.71. The van der Waals surface area contributed by atoms with Crippen LogP contribution in [0, 0.1) is 0 Å². The largest absolute Gasteiger partial charge is 0.416 e. The number of fused-ring (bicyclic) bond motifs is 1. The molecule has 7 nitrogen and oxygen atoms in total. The van der Waals surface area contributed by atoms with Crippen LogP contribution in [0.15, 0.2) is 79.0 Å². The third-order valence-electron chi connectivity index (χ3n) is 8.04. The number of H-pyrrole nitrogens is 1. The van der Waals surface area contributed by atoms with Crippen LogP contribution >= 0.6 is 0 Å². The van der Waals surface area contributed by atoms with Gasteiger partial charge >= 0.3 is 12.4 Å². The minimum Gasteiger partial charge on any atom is -0.369 e. The lowest BCUT2D eigenvalue weighted by atomic mass is 10.0. The third kappa shape index (κ3) is 8.00. The van der Waals surface area contributed by atoms with Crippen molar-refractivity contribution in [2.24, 2.45) is 0 Å². The van der Waals surface area contributed by atoms with Crippen LogP contribution in [-0.2, 0) is 34.9 Å². The lowest BCUT2D eigenvalue weighted by Crippen LogP contribution is -2.53. The molecule has 1 fully saturated rings. The minimum atomic E-state index is -5.02. The normalized spacial score (nSPS) is 15.2. The fraction of sp³-hybridized carbons (Fsp3) is 0.333. The number of hydrogen-bond donors (Lipinski definition) is 2. The van der Waals surface area contributed by atoms with Gasteiger partial charge in [-0.25, -0.2) is 0 Å². The van der Waals surface area contributed by atoms with E-state index in [-0.39, 0.29) is 24.6 Å². The molecule has 0 bridgehead atoms. The molecular formula is C33H33F6N5O2. The molecule has 1 aromatic heterocycles. The van der Waals surface area contributed by atoms with Crippen molar-refractivity contribution in [1.29, 1.82) is 0 Å². The first-order chi connectivity index (χ1) is 21.8. The molecule has 2 heterocycles. The van der Waals surface area contributed by atoms with Crippen molar-refractivity contribution in [2.45, 2.75) is 31.4 Å². The number of nitrogens with one attached hydrogen (secondary N) is 2. The van der Waals surface area contributed by atoms with Crippen molar-refractivity contribution >= 4 is 28.4 Å². The number of nitrogens with zero attached hydrogens (tertiary/aromatic N) is 3. The molecule has 1 unspecified atom stereocenters. The van der Waals surface area contributed by atoms with Gasteiger partial charge in [-0.05, 0) is 47.5 Å². The van der Waals surface area contributed by atoms with E-state index in [1.54, 1.807) is 6.20 Å². The van der Waals surface area contributed by atoms with Gasteiger partial charge < -0.3 is 20.1 Å². The molecule has 1 saturated heterocycles. The van der Waals surface area contributed by atoms with Crippen molar-refractivity contribution < 1.29 is 35.9 Å². The first kappa shape index (κ1) is 32.9. The summed E-state index contributed by atoms with van der Waals surface area (Å²) < 4.78 is 80.6. The molecule has 1 aliphatic rings. The Morgan fingerprint density at radius 1 is 0.870 bits per heavy atom. The van der Waals surface area contributed by atoms with Crippen LogP contribution in [0.25, 0.3) is 10.9 Å². The fourth-order valence-corrected chi connectivity index (χ4v) is 5.69. The molecule has 0 aliphatic carbocycles. The molecule has 46 heavy (non-hydrogen) atoms. The number of piperazine rings is 1. The fourth-order valence-electron chi connectivity index (χ4n) is 5.69. The number of alkyl halides is 6. The van der Waals surface area contributed by atoms with E-state index in [9.17, 15) is 35.9 Å². The Labute approximate surface area is 261 Å². The Kier molecular flexibility index (Phi) is 9.61. The number of carbonyl (C=O) groups is 2. The Bertz CT molecular complexity index is 1630. The molecule has 5 rings (SSSR count). The number of amides is 2. The number of hydrogen-bond acceptors (Lipinski definition) is 4. The number of aromatic amines is 1. The number of rotatable bonds is 9. The van der Waals surface area contributed by atoms with Crippen molar-refractivity contribution in [3.05, 3.63) is 101 Å². The van der Waals surface area contributed by atoms with E-state index in [2.05, 4.69) is 15.2 Å². The summed E-state index contributed by atoms with van der Waals surface area (Å²) in [6.45, 7) is 2.12. The number of benzene rings is 3. The van der Waals surface area contributed by atoms with E-state index in [4.69, 9.17) is 0 Å². The van der Waals surface area contributed by atoms with Gasteiger partial charge in [-0.2, -0.15) is 26.3 Å². The van der Waals surface area contributed by atoms with Gasteiger partial charge in [0.1, 0.15) is 6.04 Å². The quantitative estimate of drug-likeness (QED) is 0.229. The zero-order valence-electron chi connectivity index (χ0n) is 25.0.